The molecule has 7 heteroatoms. The first kappa shape index (κ1) is 18.9. The number of nitro groups is 1. The van der Waals surface area contributed by atoms with E-state index in [0.717, 1.165) is 32.4 Å². The highest BCUT2D eigenvalue weighted by atomic mass is 35.5. The topological polar surface area (TPSA) is 66.7 Å². The van der Waals surface area contributed by atoms with Crippen molar-refractivity contribution < 1.29 is 9.72 Å². The van der Waals surface area contributed by atoms with Gasteiger partial charge >= 0.3 is 0 Å². The fraction of sp³-hybridized carbons (Fsp3) is 0.381. The highest BCUT2D eigenvalue weighted by molar-refractivity contribution is 6.32. The van der Waals surface area contributed by atoms with E-state index in [2.05, 4.69) is 29.2 Å². The first-order valence-electron chi connectivity index (χ1n) is 9.57. The van der Waals surface area contributed by atoms with E-state index in [1.807, 2.05) is 0 Å². The summed E-state index contributed by atoms with van der Waals surface area (Å²) in [4.78, 5) is 27.6. The number of piperidine rings is 1. The first-order chi connectivity index (χ1) is 13.5. The lowest BCUT2D eigenvalue weighted by Crippen LogP contribution is -2.48. The van der Waals surface area contributed by atoms with E-state index in [1.165, 1.54) is 23.3 Å². The Morgan fingerprint density at radius 3 is 2.50 bits per heavy atom. The van der Waals surface area contributed by atoms with Crippen molar-refractivity contribution >= 4 is 23.2 Å². The highest BCUT2D eigenvalue weighted by Crippen LogP contribution is 2.28. The van der Waals surface area contributed by atoms with Gasteiger partial charge in [0, 0.05) is 43.9 Å². The number of hydrogen-bond acceptors (Lipinski definition) is 4. The molecule has 0 spiro atoms. The quantitative estimate of drug-likeness (QED) is 0.579. The fourth-order valence-corrected chi connectivity index (χ4v) is 4.42. The van der Waals surface area contributed by atoms with Crippen molar-refractivity contribution in [3.63, 3.8) is 0 Å². The Bertz CT molecular complexity index is 910. The minimum atomic E-state index is -0.556. The maximum Gasteiger partial charge on any atom is 0.288 e. The maximum atomic E-state index is 12.8. The second-order valence-corrected chi connectivity index (χ2v) is 7.84. The Morgan fingerprint density at radius 1 is 1.07 bits per heavy atom. The summed E-state index contributed by atoms with van der Waals surface area (Å²) in [5.41, 5.74) is 2.94. The standard InChI is InChI=1S/C21H22ClN3O3/c22-19-6-5-16(13-20(19)25(27)28)21(26)23-11-8-18(9-12-23)24-10-7-15-3-1-2-4-17(15)14-24/h1-6,13,18H,7-12,14H2. The smallest absolute Gasteiger partial charge is 0.288 e. The van der Waals surface area contributed by atoms with Gasteiger partial charge in [-0.2, -0.15) is 0 Å². The Labute approximate surface area is 168 Å². The van der Waals surface area contributed by atoms with E-state index < -0.39 is 4.92 Å². The number of likely N-dealkylation sites (tertiary alicyclic amines) is 1. The zero-order valence-corrected chi connectivity index (χ0v) is 16.3. The van der Waals surface area contributed by atoms with Crippen LogP contribution >= 0.6 is 11.6 Å². The number of fused-ring (bicyclic) bond motifs is 1. The Kier molecular flexibility index (Phi) is 5.33. The molecule has 2 aromatic rings. The number of halogens is 1. The number of nitro benzene ring substituents is 1. The number of rotatable bonds is 3. The minimum Gasteiger partial charge on any atom is -0.339 e. The monoisotopic (exact) mass is 399 g/mol. The molecule has 0 N–H and O–H groups in total. The van der Waals surface area contributed by atoms with Crippen molar-refractivity contribution in [1.82, 2.24) is 9.80 Å². The predicted molar refractivity (Wildman–Crippen MR) is 108 cm³/mol. The molecule has 0 aromatic heterocycles. The van der Waals surface area contributed by atoms with Gasteiger partial charge in [-0.25, -0.2) is 0 Å². The van der Waals surface area contributed by atoms with Gasteiger partial charge in [0.05, 0.1) is 4.92 Å². The SMILES string of the molecule is O=C(c1ccc(Cl)c([N+](=O)[O-])c1)N1CCC(N2CCc3ccccc3C2)CC1. The van der Waals surface area contributed by atoms with Gasteiger partial charge < -0.3 is 4.90 Å². The van der Waals surface area contributed by atoms with Crippen molar-refractivity contribution in [2.24, 2.45) is 0 Å². The summed E-state index contributed by atoms with van der Waals surface area (Å²) in [6.07, 6.45) is 2.91. The molecule has 2 aliphatic rings. The van der Waals surface area contributed by atoms with Crippen molar-refractivity contribution in [3.8, 4) is 0 Å². The van der Waals surface area contributed by atoms with E-state index in [-0.39, 0.29) is 16.6 Å². The van der Waals surface area contributed by atoms with Crippen LogP contribution in [0.25, 0.3) is 0 Å². The molecule has 1 fully saturated rings. The summed E-state index contributed by atoms with van der Waals surface area (Å²) in [5.74, 6) is -0.165. The summed E-state index contributed by atoms with van der Waals surface area (Å²) in [6.45, 7) is 3.35. The minimum absolute atomic E-state index is 0.0469. The average Bonchev–Trinajstić information content (AvgIpc) is 2.73. The number of carbonyl (C=O) groups is 1. The molecule has 146 valence electrons. The largest absolute Gasteiger partial charge is 0.339 e. The van der Waals surface area contributed by atoms with Gasteiger partial charge in [-0.15, -0.1) is 0 Å². The number of benzene rings is 2. The predicted octanol–water partition coefficient (Wildman–Crippen LogP) is 3.91. The van der Waals surface area contributed by atoms with Crippen molar-refractivity contribution in [1.29, 1.82) is 0 Å². The van der Waals surface area contributed by atoms with Gasteiger partial charge in [0.2, 0.25) is 0 Å². The lowest BCUT2D eigenvalue weighted by Gasteiger charge is -2.40. The molecule has 2 heterocycles. The molecule has 0 saturated carbocycles. The third-order valence-electron chi connectivity index (χ3n) is 5.82. The van der Waals surface area contributed by atoms with E-state index in [9.17, 15) is 14.9 Å². The third kappa shape index (κ3) is 3.75. The van der Waals surface area contributed by atoms with Crippen LogP contribution in [0.4, 0.5) is 5.69 Å². The first-order valence-corrected chi connectivity index (χ1v) is 9.95. The molecule has 1 amide bonds. The molecule has 6 nitrogen and oxygen atoms in total. The van der Waals surface area contributed by atoms with Crippen LogP contribution in [0, 0.1) is 10.1 Å². The Balaban J connectivity index is 1.39. The zero-order valence-electron chi connectivity index (χ0n) is 15.5. The summed E-state index contributed by atoms with van der Waals surface area (Å²) in [7, 11) is 0. The summed E-state index contributed by atoms with van der Waals surface area (Å²) >= 11 is 5.85. The van der Waals surface area contributed by atoms with Gasteiger partial charge in [-0.3, -0.25) is 19.8 Å². The molecular weight excluding hydrogens is 378 g/mol. The molecule has 2 aliphatic heterocycles. The van der Waals surface area contributed by atoms with Crippen LogP contribution in [-0.2, 0) is 13.0 Å². The van der Waals surface area contributed by atoms with Crippen LogP contribution in [0.15, 0.2) is 42.5 Å². The Hall–Kier alpha value is -2.44. The van der Waals surface area contributed by atoms with E-state index in [1.54, 1.807) is 11.0 Å². The number of hydrogen-bond donors (Lipinski definition) is 0. The zero-order chi connectivity index (χ0) is 19.7. The van der Waals surface area contributed by atoms with Crippen LogP contribution in [0.5, 0.6) is 0 Å². The van der Waals surface area contributed by atoms with Gasteiger partial charge in [0.15, 0.2) is 0 Å². The molecule has 0 bridgehead atoms. The second kappa shape index (κ2) is 7.89. The second-order valence-electron chi connectivity index (χ2n) is 7.44. The van der Waals surface area contributed by atoms with Crippen LogP contribution in [0.2, 0.25) is 5.02 Å². The van der Waals surface area contributed by atoms with E-state index in [0.29, 0.717) is 24.7 Å². The van der Waals surface area contributed by atoms with Gasteiger partial charge in [0.1, 0.15) is 5.02 Å². The normalized spacial score (nSPS) is 18.0. The van der Waals surface area contributed by atoms with Crippen LogP contribution in [0.1, 0.15) is 34.3 Å². The number of amides is 1. The van der Waals surface area contributed by atoms with E-state index in [4.69, 9.17) is 11.6 Å². The molecular formula is C21H22ClN3O3. The molecule has 28 heavy (non-hydrogen) atoms. The lowest BCUT2D eigenvalue weighted by molar-refractivity contribution is -0.384. The fourth-order valence-electron chi connectivity index (χ4n) is 4.23. The number of nitrogens with zero attached hydrogens (tertiary/aromatic N) is 3. The van der Waals surface area contributed by atoms with Gasteiger partial charge in [-0.1, -0.05) is 35.9 Å². The molecule has 1 saturated heterocycles. The summed E-state index contributed by atoms with van der Waals surface area (Å²) < 4.78 is 0. The van der Waals surface area contributed by atoms with Crippen molar-refractivity contribution in [3.05, 3.63) is 74.3 Å². The average molecular weight is 400 g/mol. The molecule has 0 atom stereocenters. The number of carbonyl (C=O) groups excluding carboxylic acids is 1. The van der Waals surface area contributed by atoms with Gasteiger partial charge in [0.25, 0.3) is 11.6 Å². The lowest BCUT2D eigenvalue weighted by atomic mass is 9.95. The van der Waals surface area contributed by atoms with Crippen LogP contribution in [-0.4, -0.2) is 46.3 Å². The highest BCUT2D eigenvalue weighted by Gasteiger charge is 2.29. The van der Waals surface area contributed by atoms with Gasteiger partial charge in [-0.05, 0) is 42.5 Å². The van der Waals surface area contributed by atoms with Crippen molar-refractivity contribution in [2.75, 3.05) is 19.6 Å². The molecule has 2 aromatic carbocycles. The van der Waals surface area contributed by atoms with Crippen LogP contribution in [0.3, 0.4) is 0 Å². The molecule has 0 aliphatic carbocycles. The molecule has 0 unspecified atom stereocenters. The third-order valence-corrected chi connectivity index (χ3v) is 6.14. The summed E-state index contributed by atoms with van der Waals surface area (Å²) in [6, 6.07) is 13.3. The summed E-state index contributed by atoms with van der Waals surface area (Å²) in [5, 5.41) is 11.1. The molecule has 4 rings (SSSR count). The van der Waals surface area contributed by atoms with Crippen LogP contribution < -0.4 is 0 Å². The maximum absolute atomic E-state index is 12.8. The van der Waals surface area contributed by atoms with E-state index >= 15 is 0 Å². The van der Waals surface area contributed by atoms with Crippen molar-refractivity contribution in [2.45, 2.75) is 31.8 Å². The Morgan fingerprint density at radius 2 is 1.79 bits per heavy atom. The molecule has 0 radical (unpaired) electrons.